The van der Waals surface area contributed by atoms with Crippen molar-refractivity contribution in [2.75, 3.05) is 43.9 Å². The Balaban J connectivity index is 1.57. The number of piperazine rings is 1. The zero-order valence-corrected chi connectivity index (χ0v) is 16.0. The molecule has 29 heavy (non-hydrogen) atoms. The van der Waals surface area contributed by atoms with E-state index in [0.29, 0.717) is 49.7 Å². The predicted octanol–water partition coefficient (Wildman–Crippen LogP) is 3.49. The highest BCUT2D eigenvalue weighted by atomic mass is 19.1. The highest BCUT2D eigenvalue weighted by Gasteiger charge is 2.21. The summed E-state index contributed by atoms with van der Waals surface area (Å²) in [5.41, 5.74) is 1.44. The fourth-order valence-corrected chi connectivity index (χ4v) is 3.12. The first-order valence-corrected chi connectivity index (χ1v) is 9.11. The number of methoxy groups -OCH3 is 1. The lowest BCUT2D eigenvalue weighted by Gasteiger charge is -2.33. The lowest BCUT2D eigenvalue weighted by molar-refractivity contribution is 0.0889. The first-order valence-electron chi connectivity index (χ1n) is 9.11. The maximum atomic E-state index is 14.0. The molecule has 1 aliphatic rings. The Labute approximate surface area is 167 Å². The molecule has 2 aromatic carbocycles. The van der Waals surface area contributed by atoms with Crippen LogP contribution in [0.3, 0.4) is 0 Å². The number of benzene rings is 2. The van der Waals surface area contributed by atoms with Crippen molar-refractivity contribution in [2.24, 2.45) is 0 Å². The largest absolute Gasteiger partial charge is 0.453 e. The molecule has 0 aromatic heterocycles. The molecule has 0 bridgehead atoms. The first-order chi connectivity index (χ1) is 13.9. The van der Waals surface area contributed by atoms with Crippen molar-refractivity contribution < 1.29 is 23.1 Å². The third kappa shape index (κ3) is 5.89. The van der Waals surface area contributed by atoms with Gasteiger partial charge in [0.1, 0.15) is 11.6 Å². The minimum absolute atomic E-state index is 0.313. The number of halogens is 2. The molecular weight excluding hydrogens is 382 g/mol. The fourth-order valence-electron chi connectivity index (χ4n) is 3.12. The molecule has 7 nitrogen and oxygen atoms in total. The molecule has 9 heteroatoms. The van der Waals surface area contributed by atoms with Gasteiger partial charge in [0, 0.05) is 44.1 Å². The Morgan fingerprint density at radius 1 is 0.931 bits per heavy atom. The molecule has 0 radical (unpaired) electrons. The predicted molar refractivity (Wildman–Crippen MR) is 105 cm³/mol. The average molecular weight is 404 g/mol. The van der Waals surface area contributed by atoms with Crippen LogP contribution >= 0.6 is 0 Å². The van der Waals surface area contributed by atoms with Crippen LogP contribution in [0, 0.1) is 11.6 Å². The van der Waals surface area contributed by atoms with Crippen LogP contribution in [-0.4, -0.2) is 55.2 Å². The number of nitrogens with one attached hydrogen (secondary N) is 2. The van der Waals surface area contributed by atoms with Crippen LogP contribution in [-0.2, 0) is 11.3 Å². The zero-order valence-electron chi connectivity index (χ0n) is 16.0. The lowest BCUT2D eigenvalue weighted by atomic mass is 10.1. The monoisotopic (exact) mass is 404 g/mol. The highest BCUT2D eigenvalue weighted by Crippen LogP contribution is 2.18. The third-order valence-electron chi connectivity index (χ3n) is 4.53. The molecule has 1 saturated heterocycles. The van der Waals surface area contributed by atoms with Crippen LogP contribution in [0.4, 0.5) is 29.7 Å². The lowest BCUT2D eigenvalue weighted by Crippen LogP contribution is -2.48. The minimum Gasteiger partial charge on any atom is -0.453 e. The minimum atomic E-state index is -0.556. The Morgan fingerprint density at radius 2 is 1.59 bits per heavy atom. The summed E-state index contributed by atoms with van der Waals surface area (Å²) in [6.45, 7) is 2.83. The molecule has 3 rings (SSSR count). The highest BCUT2D eigenvalue weighted by molar-refractivity contribution is 5.99. The molecule has 154 valence electrons. The number of nitrogens with zero attached hydrogens (tertiary/aromatic N) is 2. The van der Waals surface area contributed by atoms with Crippen molar-refractivity contribution >= 4 is 23.5 Å². The molecule has 0 atom stereocenters. The normalized spacial score (nSPS) is 14.4. The molecule has 3 amide bonds. The number of ether oxygens (including phenoxy) is 1. The molecule has 0 unspecified atom stereocenters. The van der Waals surface area contributed by atoms with Gasteiger partial charge in [-0.25, -0.2) is 18.4 Å². The molecule has 0 saturated carbocycles. The van der Waals surface area contributed by atoms with Gasteiger partial charge in [0.05, 0.1) is 7.11 Å². The van der Waals surface area contributed by atoms with Gasteiger partial charge < -0.3 is 20.3 Å². The van der Waals surface area contributed by atoms with Gasteiger partial charge in [-0.05, 0) is 48.0 Å². The number of anilines is 2. The van der Waals surface area contributed by atoms with Gasteiger partial charge >= 0.3 is 12.1 Å². The van der Waals surface area contributed by atoms with Crippen molar-refractivity contribution in [3.63, 3.8) is 0 Å². The van der Waals surface area contributed by atoms with E-state index in [4.69, 9.17) is 4.74 Å². The molecule has 2 aromatic rings. The van der Waals surface area contributed by atoms with Crippen LogP contribution < -0.4 is 10.6 Å². The van der Waals surface area contributed by atoms with E-state index in [-0.39, 0.29) is 6.09 Å². The van der Waals surface area contributed by atoms with E-state index in [2.05, 4.69) is 15.5 Å². The second-order valence-corrected chi connectivity index (χ2v) is 6.67. The second kappa shape index (κ2) is 9.33. The summed E-state index contributed by atoms with van der Waals surface area (Å²) in [7, 11) is 1.35. The van der Waals surface area contributed by atoms with Crippen LogP contribution in [0.5, 0.6) is 0 Å². The summed E-state index contributed by atoms with van der Waals surface area (Å²) in [5.74, 6) is -0.870. The van der Waals surface area contributed by atoms with E-state index in [9.17, 15) is 18.4 Å². The Hall–Kier alpha value is -3.20. The van der Waals surface area contributed by atoms with Crippen molar-refractivity contribution in [3.8, 4) is 0 Å². The molecule has 0 aliphatic carbocycles. The number of rotatable bonds is 4. The van der Waals surface area contributed by atoms with E-state index in [1.807, 2.05) is 0 Å². The maximum absolute atomic E-state index is 14.0. The maximum Gasteiger partial charge on any atom is 0.409 e. The first kappa shape index (κ1) is 20.5. The summed E-state index contributed by atoms with van der Waals surface area (Å²) < 4.78 is 31.7. The summed E-state index contributed by atoms with van der Waals surface area (Å²) in [4.78, 5) is 27.4. The van der Waals surface area contributed by atoms with E-state index >= 15 is 0 Å². The van der Waals surface area contributed by atoms with Crippen molar-refractivity contribution in [1.29, 1.82) is 0 Å². The number of carbonyl (C=O) groups excluding carboxylic acids is 2. The Morgan fingerprint density at radius 3 is 2.24 bits per heavy atom. The van der Waals surface area contributed by atoms with Crippen LogP contribution in [0.2, 0.25) is 0 Å². The van der Waals surface area contributed by atoms with Gasteiger partial charge in [-0.3, -0.25) is 4.90 Å². The molecule has 1 aliphatic heterocycles. The molecule has 1 fully saturated rings. The van der Waals surface area contributed by atoms with Gasteiger partial charge in [0.25, 0.3) is 0 Å². The number of amides is 3. The van der Waals surface area contributed by atoms with Gasteiger partial charge in [0.2, 0.25) is 0 Å². The SMILES string of the molecule is COC(=O)N1CCN(Cc2cc(F)cc(NC(=O)Nc3ccc(F)cc3)c2)CC1. The van der Waals surface area contributed by atoms with Crippen molar-refractivity contribution in [3.05, 3.63) is 59.7 Å². The standard InChI is InChI=1S/C20H22F2N4O3/c1-29-20(28)26-8-6-25(7-9-26)13-14-10-16(22)12-18(11-14)24-19(27)23-17-4-2-15(21)3-5-17/h2-5,10-12H,6-9,13H2,1H3,(H2,23,24,27). The number of carbonyl (C=O) groups is 2. The quantitative estimate of drug-likeness (QED) is 0.818. The molecule has 2 N–H and O–H groups in total. The smallest absolute Gasteiger partial charge is 0.409 e. The average Bonchev–Trinajstić information content (AvgIpc) is 2.69. The van der Waals surface area contributed by atoms with E-state index in [1.165, 1.54) is 43.5 Å². The number of hydrogen-bond acceptors (Lipinski definition) is 4. The summed E-state index contributed by atoms with van der Waals surface area (Å²) >= 11 is 0. The third-order valence-corrected chi connectivity index (χ3v) is 4.53. The van der Waals surface area contributed by atoms with Crippen molar-refractivity contribution in [1.82, 2.24) is 9.80 Å². The van der Waals surface area contributed by atoms with Crippen LogP contribution in [0.15, 0.2) is 42.5 Å². The van der Waals surface area contributed by atoms with Gasteiger partial charge in [0.15, 0.2) is 0 Å². The second-order valence-electron chi connectivity index (χ2n) is 6.67. The molecular formula is C20H22F2N4O3. The zero-order chi connectivity index (χ0) is 20.8. The topological polar surface area (TPSA) is 73.9 Å². The van der Waals surface area contributed by atoms with Crippen molar-refractivity contribution in [2.45, 2.75) is 6.54 Å². The van der Waals surface area contributed by atoms with E-state index in [1.54, 1.807) is 11.0 Å². The van der Waals surface area contributed by atoms with E-state index in [0.717, 1.165) is 0 Å². The van der Waals surface area contributed by atoms with Crippen LogP contribution in [0.25, 0.3) is 0 Å². The Bertz CT molecular complexity index is 869. The number of hydrogen-bond donors (Lipinski definition) is 2. The summed E-state index contributed by atoms with van der Waals surface area (Å²) in [5, 5.41) is 5.14. The van der Waals surface area contributed by atoms with E-state index < -0.39 is 17.7 Å². The molecule has 1 heterocycles. The van der Waals surface area contributed by atoms with Gasteiger partial charge in [-0.15, -0.1) is 0 Å². The van der Waals surface area contributed by atoms with Crippen LogP contribution in [0.1, 0.15) is 5.56 Å². The fraction of sp³-hybridized carbons (Fsp3) is 0.300. The Kier molecular flexibility index (Phi) is 6.61. The number of urea groups is 1. The van der Waals surface area contributed by atoms with Gasteiger partial charge in [-0.1, -0.05) is 0 Å². The summed E-state index contributed by atoms with van der Waals surface area (Å²) in [6.07, 6.45) is -0.353. The summed E-state index contributed by atoms with van der Waals surface area (Å²) in [6, 6.07) is 9.10. The molecule has 0 spiro atoms. The van der Waals surface area contributed by atoms with Gasteiger partial charge in [-0.2, -0.15) is 0 Å².